The van der Waals surface area contributed by atoms with Crippen LogP contribution in [0.25, 0.3) is 10.9 Å². The third-order valence-corrected chi connectivity index (χ3v) is 5.91. The van der Waals surface area contributed by atoms with Crippen LogP contribution in [-0.2, 0) is 22.4 Å². The molecule has 3 aromatic rings. The van der Waals surface area contributed by atoms with E-state index in [0.717, 1.165) is 35.0 Å². The van der Waals surface area contributed by atoms with Crippen molar-refractivity contribution in [1.29, 1.82) is 0 Å². The first-order valence-electron chi connectivity index (χ1n) is 12.5. The van der Waals surface area contributed by atoms with Crippen molar-refractivity contribution in [1.82, 2.24) is 19.7 Å². The van der Waals surface area contributed by atoms with Gasteiger partial charge in [-0.25, -0.2) is 4.79 Å². The van der Waals surface area contributed by atoms with E-state index in [-0.39, 0.29) is 24.8 Å². The van der Waals surface area contributed by atoms with Gasteiger partial charge >= 0.3 is 6.09 Å². The van der Waals surface area contributed by atoms with Crippen molar-refractivity contribution in [3.63, 3.8) is 0 Å². The Hall–Kier alpha value is -3.65. The number of ether oxygens (including phenoxy) is 1. The summed E-state index contributed by atoms with van der Waals surface area (Å²) in [5, 5.41) is 3.73. The van der Waals surface area contributed by atoms with E-state index in [2.05, 4.69) is 10.2 Å². The molecule has 1 N–H and O–H groups in total. The number of fused-ring (bicyclic) bond motifs is 1. The predicted molar refractivity (Wildman–Crippen MR) is 146 cm³/mol. The van der Waals surface area contributed by atoms with E-state index in [1.807, 2.05) is 74.9 Å². The highest BCUT2D eigenvalue weighted by Gasteiger charge is 2.28. The summed E-state index contributed by atoms with van der Waals surface area (Å²) in [4.78, 5) is 42.8. The van der Waals surface area contributed by atoms with Crippen molar-refractivity contribution in [3.05, 3.63) is 71.9 Å². The Kier molecular flexibility index (Phi) is 9.10. The topological polar surface area (TPSA) is 83.9 Å². The van der Waals surface area contributed by atoms with Crippen LogP contribution in [0.1, 0.15) is 36.7 Å². The molecule has 0 aliphatic carbocycles. The summed E-state index contributed by atoms with van der Waals surface area (Å²) >= 11 is 0. The highest BCUT2D eigenvalue weighted by molar-refractivity contribution is 5.97. The fraction of sp³-hybridized carbons (Fsp3) is 0.414. The molecule has 3 rings (SSSR count). The highest BCUT2D eigenvalue weighted by atomic mass is 16.6. The number of hydrogen-bond acceptors (Lipinski definition) is 5. The first kappa shape index (κ1) is 27.9. The summed E-state index contributed by atoms with van der Waals surface area (Å²) in [5.41, 5.74) is 2.08. The molecule has 1 aromatic heterocycles. The van der Waals surface area contributed by atoms with Crippen LogP contribution in [0.15, 0.2) is 60.8 Å². The molecule has 0 radical (unpaired) electrons. The number of carbonyl (C=O) groups excluding carboxylic acids is 3. The Labute approximate surface area is 219 Å². The third kappa shape index (κ3) is 7.92. The number of nitrogens with zero attached hydrogens (tertiary/aromatic N) is 3. The quantitative estimate of drug-likeness (QED) is 0.475. The molecule has 37 heavy (non-hydrogen) atoms. The first-order valence-corrected chi connectivity index (χ1v) is 12.5. The number of hydrogen-bond donors (Lipinski definition) is 1. The molecule has 1 heterocycles. The minimum atomic E-state index is -0.882. The summed E-state index contributed by atoms with van der Waals surface area (Å²) in [6.45, 7) is 6.02. The van der Waals surface area contributed by atoms with E-state index in [0.29, 0.717) is 0 Å². The van der Waals surface area contributed by atoms with Crippen molar-refractivity contribution < 1.29 is 19.1 Å². The molecule has 0 fully saturated rings. The lowest BCUT2D eigenvalue weighted by Crippen LogP contribution is -2.51. The van der Waals surface area contributed by atoms with E-state index in [1.54, 1.807) is 32.4 Å². The zero-order chi connectivity index (χ0) is 27.2. The minimum Gasteiger partial charge on any atom is -0.444 e. The molecule has 2 amide bonds. The highest BCUT2D eigenvalue weighted by Crippen LogP contribution is 2.22. The van der Waals surface area contributed by atoms with E-state index in [1.165, 1.54) is 4.90 Å². The molecular formula is C29H38N4O4. The number of amides is 2. The van der Waals surface area contributed by atoms with Crippen LogP contribution in [0, 0.1) is 0 Å². The standard InChI is InChI=1S/C29H38N4O4/c1-29(2,3)37-28(36)30-24(18-21-12-8-7-9-13-21)27(35)32(6)20-26(34)33-19-22(16-17-31(4)5)23-14-10-11-15-25(23)33/h7-15,19,24H,16-18,20H2,1-6H3,(H,30,36). The Balaban J connectivity index is 1.79. The molecular weight excluding hydrogens is 468 g/mol. The Bertz CT molecular complexity index is 1230. The fourth-order valence-electron chi connectivity index (χ4n) is 4.12. The molecule has 1 atom stereocenters. The lowest BCUT2D eigenvalue weighted by molar-refractivity contribution is -0.131. The number of rotatable bonds is 9. The van der Waals surface area contributed by atoms with Crippen LogP contribution < -0.4 is 5.32 Å². The van der Waals surface area contributed by atoms with Gasteiger partial charge in [-0.1, -0.05) is 48.5 Å². The minimum absolute atomic E-state index is 0.133. The molecule has 8 nitrogen and oxygen atoms in total. The normalized spacial score (nSPS) is 12.4. The number of alkyl carbamates (subject to hydrolysis) is 1. The molecule has 0 saturated carbocycles. The van der Waals surface area contributed by atoms with Gasteiger partial charge in [-0.3, -0.25) is 14.2 Å². The Morgan fingerprint density at radius 1 is 0.973 bits per heavy atom. The van der Waals surface area contributed by atoms with Gasteiger partial charge in [0.1, 0.15) is 18.2 Å². The van der Waals surface area contributed by atoms with Gasteiger partial charge in [0, 0.05) is 31.6 Å². The van der Waals surface area contributed by atoms with Gasteiger partial charge < -0.3 is 19.9 Å². The molecule has 0 bridgehead atoms. The van der Waals surface area contributed by atoms with Gasteiger partial charge in [0.05, 0.1) is 5.52 Å². The van der Waals surface area contributed by atoms with Crippen LogP contribution >= 0.6 is 0 Å². The van der Waals surface area contributed by atoms with Crippen molar-refractivity contribution in [2.75, 3.05) is 34.2 Å². The smallest absolute Gasteiger partial charge is 0.408 e. The number of likely N-dealkylation sites (N-methyl/N-ethyl adjacent to an activating group) is 2. The van der Waals surface area contributed by atoms with Gasteiger partial charge in [0.15, 0.2) is 0 Å². The summed E-state index contributed by atoms with van der Waals surface area (Å²) in [6.07, 6.45) is 2.28. The summed E-state index contributed by atoms with van der Waals surface area (Å²) < 4.78 is 7.00. The van der Waals surface area contributed by atoms with E-state index < -0.39 is 17.7 Å². The Morgan fingerprint density at radius 2 is 1.62 bits per heavy atom. The van der Waals surface area contributed by atoms with Crippen molar-refractivity contribution in [2.45, 2.75) is 45.3 Å². The maximum atomic E-state index is 13.5. The van der Waals surface area contributed by atoms with Gasteiger partial charge in [-0.2, -0.15) is 0 Å². The van der Waals surface area contributed by atoms with E-state index in [4.69, 9.17) is 4.74 Å². The summed E-state index contributed by atoms with van der Waals surface area (Å²) in [5.74, 6) is -0.591. The van der Waals surface area contributed by atoms with Gasteiger partial charge in [0.25, 0.3) is 5.91 Å². The summed E-state index contributed by atoms with van der Waals surface area (Å²) in [6, 6.07) is 16.3. The lowest BCUT2D eigenvalue weighted by atomic mass is 10.0. The lowest BCUT2D eigenvalue weighted by Gasteiger charge is -2.26. The molecule has 0 saturated heterocycles. The van der Waals surface area contributed by atoms with E-state index in [9.17, 15) is 14.4 Å². The van der Waals surface area contributed by atoms with Crippen molar-refractivity contribution in [2.24, 2.45) is 0 Å². The number of aromatic nitrogens is 1. The monoisotopic (exact) mass is 506 g/mol. The second-order valence-corrected chi connectivity index (χ2v) is 10.6. The number of carbonyl (C=O) groups is 3. The molecule has 0 aliphatic heterocycles. The summed E-state index contributed by atoms with van der Waals surface area (Å²) in [7, 11) is 5.61. The third-order valence-electron chi connectivity index (χ3n) is 5.91. The van der Waals surface area contributed by atoms with Crippen molar-refractivity contribution in [3.8, 4) is 0 Å². The maximum absolute atomic E-state index is 13.5. The maximum Gasteiger partial charge on any atom is 0.408 e. The van der Waals surface area contributed by atoms with Crippen LogP contribution in [0.3, 0.4) is 0 Å². The van der Waals surface area contributed by atoms with Gasteiger partial charge in [-0.15, -0.1) is 0 Å². The number of para-hydroxylation sites is 1. The Morgan fingerprint density at radius 3 is 2.27 bits per heavy atom. The second kappa shape index (κ2) is 12.1. The van der Waals surface area contributed by atoms with Gasteiger partial charge in [-0.05, 0) is 58.5 Å². The molecule has 2 aromatic carbocycles. The number of benzene rings is 2. The van der Waals surface area contributed by atoms with Crippen molar-refractivity contribution >= 4 is 28.8 Å². The fourth-order valence-corrected chi connectivity index (χ4v) is 4.12. The number of nitrogens with one attached hydrogen (secondary N) is 1. The average molecular weight is 507 g/mol. The van der Waals surface area contributed by atoms with Crippen LogP contribution in [0.5, 0.6) is 0 Å². The van der Waals surface area contributed by atoms with E-state index >= 15 is 0 Å². The van der Waals surface area contributed by atoms with Crippen LogP contribution in [-0.4, -0.2) is 78.1 Å². The molecule has 8 heteroatoms. The van der Waals surface area contributed by atoms with Crippen LogP contribution in [0.2, 0.25) is 0 Å². The van der Waals surface area contributed by atoms with Crippen LogP contribution in [0.4, 0.5) is 4.79 Å². The molecule has 0 aliphatic rings. The average Bonchev–Trinajstić information content (AvgIpc) is 3.20. The molecule has 1 unspecified atom stereocenters. The zero-order valence-corrected chi connectivity index (χ0v) is 22.7. The zero-order valence-electron chi connectivity index (χ0n) is 22.7. The molecule has 0 spiro atoms. The SMILES string of the molecule is CN(C)CCc1cn(C(=O)CN(C)C(=O)C(Cc2ccccc2)NC(=O)OC(C)(C)C)c2ccccc12. The molecule has 198 valence electrons. The largest absolute Gasteiger partial charge is 0.444 e. The second-order valence-electron chi connectivity index (χ2n) is 10.6. The predicted octanol–water partition coefficient (Wildman–Crippen LogP) is 3.98. The first-order chi connectivity index (χ1) is 17.4. The van der Waals surface area contributed by atoms with Gasteiger partial charge in [0.2, 0.25) is 5.91 Å².